The zero-order valence-corrected chi connectivity index (χ0v) is 29.4. The quantitative estimate of drug-likeness (QED) is 0.167. The Hall–Kier alpha value is -6.64. The average molecular weight is 676 g/mol. The lowest BCUT2D eigenvalue weighted by atomic mass is 9.82. The fraction of sp³-hybridized carbons (Fsp3) is 0.0588. The van der Waals surface area contributed by atoms with E-state index >= 15 is 0 Å². The summed E-state index contributed by atoms with van der Waals surface area (Å²) in [4.78, 5) is 0. The van der Waals surface area contributed by atoms with Crippen LogP contribution in [0.2, 0.25) is 0 Å². The normalized spacial score (nSPS) is 13.6. The van der Waals surface area contributed by atoms with E-state index in [1.807, 2.05) is 0 Å². The molecule has 0 spiro atoms. The summed E-state index contributed by atoms with van der Waals surface area (Å²) in [6.07, 6.45) is 0. The van der Waals surface area contributed by atoms with Gasteiger partial charge in [-0.05, 0) is 96.5 Å². The SMILES string of the molecule is CC1(C)c2ccc3oc4ccccc4c3c2-c2c1ccc1c3ccccc3n(-c3ccc(-c4ccc5c6ccccc6c6ccccc6c5c4)cc3)c21. The first-order chi connectivity index (χ1) is 26.1. The highest BCUT2D eigenvalue weighted by molar-refractivity contribution is 6.26. The summed E-state index contributed by atoms with van der Waals surface area (Å²) in [7, 11) is 0. The zero-order valence-electron chi connectivity index (χ0n) is 29.4. The van der Waals surface area contributed by atoms with Gasteiger partial charge < -0.3 is 8.98 Å². The van der Waals surface area contributed by atoms with Crippen molar-refractivity contribution in [3.8, 4) is 27.9 Å². The van der Waals surface area contributed by atoms with Crippen LogP contribution in [0.1, 0.15) is 25.0 Å². The molecule has 9 aromatic carbocycles. The zero-order chi connectivity index (χ0) is 35.0. The minimum Gasteiger partial charge on any atom is -0.456 e. The highest BCUT2D eigenvalue weighted by Crippen LogP contribution is 2.56. The number of nitrogens with zero attached hydrogens (tertiary/aromatic N) is 1. The predicted molar refractivity (Wildman–Crippen MR) is 224 cm³/mol. The molecule has 0 N–H and O–H groups in total. The van der Waals surface area contributed by atoms with Crippen molar-refractivity contribution in [2.45, 2.75) is 19.3 Å². The standard InChI is InChI=1S/C51H33NO/c1-51(2)42-27-28-46-47(40-16-8-10-18-45(40)53-46)48(42)49-43(51)26-25-39-38-15-7-9-17-44(38)52(50(39)49)32-22-19-30(20-23-32)31-21-24-37-35-13-4-3-11-33(35)34-12-5-6-14-36(34)41(37)29-31/h3-29H,1-2H3. The van der Waals surface area contributed by atoms with Crippen LogP contribution in [0, 0.1) is 0 Å². The lowest BCUT2D eigenvalue weighted by Crippen LogP contribution is -2.14. The van der Waals surface area contributed by atoms with E-state index in [4.69, 9.17) is 4.42 Å². The van der Waals surface area contributed by atoms with E-state index in [1.54, 1.807) is 0 Å². The summed E-state index contributed by atoms with van der Waals surface area (Å²) >= 11 is 0. The van der Waals surface area contributed by atoms with Gasteiger partial charge in [0.2, 0.25) is 0 Å². The Morgan fingerprint density at radius 2 is 0.962 bits per heavy atom. The predicted octanol–water partition coefficient (Wildman–Crippen LogP) is 14.1. The first kappa shape index (κ1) is 29.0. The van der Waals surface area contributed by atoms with Gasteiger partial charge >= 0.3 is 0 Å². The van der Waals surface area contributed by atoms with Crippen molar-refractivity contribution in [1.29, 1.82) is 0 Å². The third-order valence-corrected chi connectivity index (χ3v) is 12.2. The molecular weight excluding hydrogens is 643 g/mol. The number of hydrogen-bond acceptors (Lipinski definition) is 1. The van der Waals surface area contributed by atoms with Gasteiger partial charge in [0.25, 0.3) is 0 Å². The molecule has 0 saturated carbocycles. The molecule has 2 heteroatoms. The summed E-state index contributed by atoms with van der Waals surface area (Å²) in [5.74, 6) is 0. The molecule has 2 heterocycles. The Kier molecular flexibility index (Phi) is 5.60. The van der Waals surface area contributed by atoms with Crippen LogP contribution in [0.15, 0.2) is 168 Å². The number of rotatable bonds is 2. The van der Waals surface area contributed by atoms with Gasteiger partial charge in [0, 0.05) is 38.2 Å². The molecule has 53 heavy (non-hydrogen) atoms. The second-order valence-electron chi connectivity index (χ2n) is 15.2. The highest BCUT2D eigenvalue weighted by Gasteiger charge is 2.39. The smallest absolute Gasteiger partial charge is 0.136 e. The molecule has 0 saturated heterocycles. The molecule has 12 rings (SSSR count). The topological polar surface area (TPSA) is 18.1 Å². The molecule has 0 fully saturated rings. The van der Waals surface area contributed by atoms with Crippen LogP contribution < -0.4 is 0 Å². The molecule has 1 aliphatic rings. The summed E-state index contributed by atoms with van der Waals surface area (Å²) < 4.78 is 8.97. The minimum absolute atomic E-state index is 0.165. The van der Waals surface area contributed by atoms with Gasteiger partial charge in [-0.2, -0.15) is 0 Å². The second kappa shape index (κ2) is 10.2. The van der Waals surface area contributed by atoms with Crippen LogP contribution in [0.4, 0.5) is 0 Å². The van der Waals surface area contributed by atoms with Crippen LogP contribution in [0.5, 0.6) is 0 Å². The van der Waals surface area contributed by atoms with Gasteiger partial charge in [0.15, 0.2) is 0 Å². The third kappa shape index (κ3) is 3.77. The Morgan fingerprint density at radius 3 is 1.70 bits per heavy atom. The molecule has 248 valence electrons. The number of hydrogen-bond donors (Lipinski definition) is 0. The maximum Gasteiger partial charge on any atom is 0.136 e. The van der Waals surface area contributed by atoms with Gasteiger partial charge in [-0.1, -0.05) is 141 Å². The molecule has 11 aromatic rings. The lowest BCUT2D eigenvalue weighted by molar-refractivity contribution is 0.657. The molecule has 2 nitrogen and oxygen atoms in total. The number of furan rings is 1. The fourth-order valence-electron chi connectivity index (χ4n) is 9.73. The highest BCUT2D eigenvalue weighted by atomic mass is 16.3. The van der Waals surface area contributed by atoms with Crippen molar-refractivity contribution in [1.82, 2.24) is 4.57 Å². The van der Waals surface area contributed by atoms with Crippen LogP contribution >= 0.6 is 0 Å². The molecular formula is C51H33NO. The largest absolute Gasteiger partial charge is 0.456 e. The minimum atomic E-state index is -0.165. The average Bonchev–Trinajstić information content (AvgIpc) is 3.83. The van der Waals surface area contributed by atoms with Crippen LogP contribution in [-0.4, -0.2) is 4.57 Å². The summed E-state index contributed by atoms with van der Waals surface area (Å²) in [6, 6.07) is 60.3. The first-order valence-electron chi connectivity index (χ1n) is 18.5. The number of aromatic nitrogens is 1. The van der Waals surface area contributed by atoms with Crippen molar-refractivity contribution in [2.75, 3.05) is 0 Å². The molecule has 0 aliphatic heterocycles. The maximum absolute atomic E-state index is 6.47. The molecule has 0 radical (unpaired) electrons. The van der Waals surface area contributed by atoms with Gasteiger partial charge in [0.1, 0.15) is 11.2 Å². The van der Waals surface area contributed by atoms with E-state index in [2.05, 4.69) is 182 Å². The van der Waals surface area contributed by atoms with E-state index in [-0.39, 0.29) is 5.41 Å². The molecule has 1 aliphatic carbocycles. The van der Waals surface area contributed by atoms with E-state index in [1.165, 1.54) is 98.3 Å². The molecule has 0 atom stereocenters. The third-order valence-electron chi connectivity index (χ3n) is 12.2. The Morgan fingerprint density at radius 1 is 0.415 bits per heavy atom. The Balaban J connectivity index is 1.10. The Bertz CT molecular complexity index is 3320. The molecule has 0 unspecified atom stereocenters. The van der Waals surface area contributed by atoms with Crippen molar-refractivity contribution < 1.29 is 4.42 Å². The number of para-hydroxylation sites is 2. The Labute approximate surface area is 306 Å². The monoisotopic (exact) mass is 675 g/mol. The van der Waals surface area contributed by atoms with Gasteiger partial charge in [-0.15, -0.1) is 0 Å². The van der Waals surface area contributed by atoms with Crippen molar-refractivity contribution in [3.63, 3.8) is 0 Å². The van der Waals surface area contributed by atoms with E-state index in [9.17, 15) is 0 Å². The van der Waals surface area contributed by atoms with Gasteiger partial charge in [-0.25, -0.2) is 0 Å². The van der Waals surface area contributed by atoms with Crippen molar-refractivity contribution >= 4 is 76.1 Å². The maximum atomic E-state index is 6.47. The van der Waals surface area contributed by atoms with Crippen LogP contribution in [0.25, 0.3) is 104 Å². The molecule has 0 amide bonds. The summed E-state index contributed by atoms with van der Waals surface area (Å²) in [6.45, 7) is 4.74. The second-order valence-corrected chi connectivity index (χ2v) is 15.2. The molecule has 0 bridgehead atoms. The number of fused-ring (bicyclic) bond motifs is 17. The van der Waals surface area contributed by atoms with Crippen molar-refractivity contribution in [3.05, 3.63) is 175 Å². The van der Waals surface area contributed by atoms with Gasteiger partial charge in [-0.3, -0.25) is 0 Å². The van der Waals surface area contributed by atoms with E-state index < -0.39 is 0 Å². The first-order valence-corrected chi connectivity index (χ1v) is 18.5. The van der Waals surface area contributed by atoms with E-state index in [0.717, 1.165) is 16.9 Å². The summed E-state index contributed by atoms with van der Waals surface area (Å²) in [5, 5.41) is 12.7. The number of benzene rings is 9. The van der Waals surface area contributed by atoms with Crippen LogP contribution in [-0.2, 0) is 5.41 Å². The lowest BCUT2D eigenvalue weighted by Gasteiger charge is -2.21. The van der Waals surface area contributed by atoms with E-state index in [0.29, 0.717) is 0 Å². The fourth-order valence-corrected chi connectivity index (χ4v) is 9.73. The summed E-state index contributed by atoms with van der Waals surface area (Å²) in [5.41, 5.74) is 13.1. The van der Waals surface area contributed by atoms with Crippen molar-refractivity contribution in [2.24, 2.45) is 0 Å². The van der Waals surface area contributed by atoms with Crippen LogP contribution in [0.3, 0.4) is 0 Å². The van der Waals surface area contributed by atoms with Gasteiger partial charge in [0.05, 0.1) is 11.0 Å². The molecule has 2 aromatic heterocycles.